The molecule has 0 unspecified atom stereocenters. The highest BCUT2D eigenvalue weighted by Crippen LogP contribution is 2.26. The van der Waals surface area contributed by atoms with Gasteiger partial charge in [-0.2, -0.15) is 4.31 Å². The quantitative estimate of drug-likeness (QED) is 0.672. The van der Waals surface area contributed by atoms with Gasteiger partial charge in [-0.15, -0.1) is 11.8 Å². The van der Waals surface area contributed by atoms with Gasteiger partial charge in [0.25, 0.3) is 0 Å². The monoisotopic (exact) mass is 446 g/mol. The highest BCUT2D eigenvalue weighted by atomic mass is 32.2. The Kier molecular flexibility index (Phi) is 7.26. The number of amides is 1. The average Bonchev–Trinajstić information content (AvgIpc) is 2.75. The van der Waals surface area contributed by atoms with Gasteiger partial charge in [-0.3, -0.25) is 4.79 Å². The lowest BCUT2D eigenvalue weighted by Gasteiger charge is -2.31. The lowest BCUT2D eigenvalue weighted by atomic mass is 9.96. The molecule has 1 amide bonds. The second-order valence-corrected chi connectivity index (χ2v) is 10.7. The molecule has 7 heteroatoms. The summed E-state index contributed by atoms with van der Waals surface area (Å²) in [6, 6.07) is 13.1. The molecule has 3 rings (SSSR count). The minimum atomic E-state index is -3.52. The van der Waals surface area contributed by atoms with Crippen molar-refractivity contribution in [2.45, 2.75) is 49.4 Å². The molecule has 1 aliphatic rings. The van der Waals surface area contributed by atoms with Crippen molar-refractivity contribution >= 4 is 27.7 Å². The first kappa shape index (κ1) is 22.8. The van der Waals surface area contributed by atoms with Crippen molar-refractivity contribution in [2.24, 2.45) is 5.92 Å². The summed E-state index contributed by atoms with van der Waals surface area (Å²) in [6.07, 6.45) is 3.03. The van der Waals surface area contributed by atoms with E-state index in [2.05, 4.69) is 31.3 Å². The van der Waals surface area contributed by atoms with Crippen LogP contribution < -0.4 is 5.32 Å². The maximum Gasteiger partial charge on any atom is 0.243 e. The zero-order valence-corrected chi connectivity index (χ0v) is 19.6. The van der Waals surface area contributed by atoms with Crippen LogP contribution in [0.1, 0.15) is 42.5 Å². The second-order valence-electron chi connectivity index (χ2n) is 7.93. The van der Waals surface area contributed by atoms with Crippen LogP contribution in [0, 0.1) is 19.8 Å². The van der Waals surface area contributed by atoms with Crippen LogP contribution in [-0.2, 0) is 14.8 Å². The van der Waals surface area contributed by atoms with Crippen LogP contribution in [0.25, 0.3) is 0 Å². The molecule has 0 saturated carbocycles. The Morgan fingerprint density at radius 3 is 2.27 bits per heavy atom. The summed E-state index contributed by atoms with van der Waals surface area (Å²) in [4.78, 5) is 14.1. The standard InChI is InChI=1S/C23H30N2O3S2/c1-16-5-6-20(15-17(16)2)18(3)24-23(26)19-11-13-25(14-12-19)30(27,28)22-9-7-21(29-4)8-10-22/h5-10,15,18-19H,11-14H2,1-4H3,(H,24,26)/t18-/m0/s1. The third kappa shape index (κ3) is 5.07. The molecule has 1 fully saturated rings. The Hall–Kier alpha value is -1.83. The van der Waals surface area contributed by atoms with Crippen LogP contribution in [0.5, 0.6) is 0 Å². The van der Waals surface area contributed by atoms with Gasteiger partial charge < -0.3 is 5.32 Å². The number of carbonyl (C=O) groups is 1. The van der Waals surface area contributed by atoms with Crippen LogP contribution >= 0.6 is 11.8 Å². The third-order valence-electron chi connectivity index (χ3n) is 5.91. The summed E-state index contributed by atoms with van der Waals surface area (Å²) >= 11 is 1.58. The lowest BCUT2D eigenvalue weighted by molar-refractivity contribution is -0.126. The van der Waals surface area contributed by atoms with Gasteiger partial charge in [-0.25, -0.2) is 8.42 Å². The fraction of sp³-hybridized carbons (Fsp3) is 0.435. The molecule has 1 saturated heterocycles. The molecule has 2 aromatic carbocycles. The smallest absolute Gasteiger partial charge is 0.243 e. The molecule has 30 heavy (non-hydrogen) atoms. The van der Waals surface area contributed by atoms with Crippen LogP contribution in [-0.4, -0.2) is 38.0 Å². The largest absolute Gasteiger partial charge is 0.349 e. The van der Waals surface area contributed by atoms with Crippen molar-refractivity contribution in [2.75, 3.05) is 19.3 Å². The lowest BCUT2D eigenvalue weighted by Crippen LogP contribution is -2.43. The van der Waals surface area contributed by atoms with E-state index in [1.807, 2.05) is 31.4 Å². The molecule has 5 nitrogen and oxygen atoms in total. The number of carbonyl (C=O) groups excluding carboxylic acids is 1. The van der Waals surface area contributed by atoms with Crippen LogP contribution in [0.2, 0.25) is 0 Å². The van der Waals surface area contributed by atoms with Gasteiger partial charge in [0, 0.05) is 23.9 Å². The molecule has 2 aromatic rings. The molecule has 1 N–H and O–H groups in total. The highest BCUT2D eigenvalue weighted by Gasteiger charge is 2.32. The summed E-state index contributed by atoms with van der Waals surface area (Å²) in [6.45, 7) is 6.85. The first-order chi connectivity index (χ1) is 14.2. The van der Waals surface area contributed by atoms with E-state index in [1.54, 1.807) is 23.9 Å². The molecule has 0 aliphatic carbocycles. The first-order valence-electron chi connectivity index (χ1n) is 10.2. The minimum Gasteiger partial charge on any atom is -0.349 e. The van der Waals surface area contributed by atoms with Crippen molar-refractivity contribution in [1.29, 1.82) is 0 Å². The Morgan fingerprint density at radius 1 is 1.07 bits per heavy atom. The second kappa shape index (κ2) is 9.54. The SMILES string of the molecule is CSc1ccc(S(=O)(=O)N2CCC(C(=O)N[C@@H](C)c3ccc(C)c(C)c3)CC2)cc1. The van der Waals surface area contributed by atoms with Crippen LogP contribution in [0.4, 0.5) is 0 Å². The van der Waals surface area contributed by atoms with Crippen molar-refractivity contribution in [3.63, 3.8) is 0 Å². The number of sulfonamides is 1. The Morgan fingerprint density at radius 2 is 1.70 bits per heavy atom. The molecule has 0 radical (unpaired) electrons. The van der Waals surface area contributed by atoms with E-state index in [-0.39, 0.29) is 17.9 Å². The number of piperidine rings is 1. The number of nitrogens with zero attached hydrogens (tertiary/aromatic N) is 1. The molecule has 1 aliphatic heterocycles. The van der Waals surface area contributed by atoms with Gasteiger partial charge in [-0.05, 0) is 80.8 Å². The summed E-state index contributed by atoms with van der Waals surface area (Å²) in [5, 5.41) is 3.10. The number of rotatable bonds is 6. The fourth-order valence-corrected chi connectivity index (χ4v) is 5.58. The summed E-state index contributed by atoms with van der Waals surface area (Å²) in [5.74, 6) is -0.161. The van der Waals surface area contributed by atoms with Gasteiger partial charge in [0.1, 0.15) is 0 Å². The van der Waals surface area contributed by atoms with E-state index in [1.165, 1.54) is 15.4 Å². The maximum absolute atomic E-state index is 12.9. The highest BCUT2D eigenvalue weighted by molar-refractivity contribution is 7.98. The third-order valence-corrected chi connectivity index (χ3v) is 8.57. The van der Waals surface area contributed by atoms with Gasteiger partial charge in [0.05, 0.1) is 10.9 Å². The zero-order chi connectivity index (χ0) is 21.9. The summed E-state index contributed by atoms with van der Waals surface area (Å²) < 4.78 is 27.3. The predicted molar refractivity (Wildman–Crippen MR) is 122 cm³/mol. The van der Waals surface area contributed by atoms with Crippen LogP contribution in [0.15, 0.2) is 52.3 Å². The normalized spacial score (nSPS) is 16.9. The topological polar surface area (TPSA) is 66.5 Å². The minimum absolute atomic E-state index is 0.00194. The van der Waals surface area contributed by atoms with Gasteiger partial charge in [0.2, 0.25) is 15.9 Å². The van der Waals surface area contributed by atoms with E-state index < -0.39 is 10.0 Å². The summed E-state index contributed by atoms with van der Waals surface area (Å²) in [7, 11) is -3.52. The predicted octanol–water partition coefficient (Wildman–Crippen LogP) is 4.30. The van der Waals surface area contributed by atoms with Crippen molar-refractivity contribution in [1.82, 2.24) is 9.62 Å². The average molecular weight is 447 g/mol. The Bertz CT molecular complexity index is 996. The number of nitrogens with one attached hydrogen (secondary N) is 1. The molecular weight excluding hydrogens is 416 g/mol. The van der Waals surface area contributed by atoms with E-state index in [9.17, 15) is 13.2 Å². The summed E-state index contributed by atoms with van der Waals surface area (Å²) in [5.41, 5.74) is 3.52. The molecular formula is C23H30N2O3S2. The molecule has 1 heterocycles. The number of thioether (sulfide) groups is 1. The van der Waals surface area contributed by atoms with Gasteiger partial charge in [0.15, 0.2) is 0 Å². The van der Waals surface area contributed by atoms with Crippen molar-refractivity contribution < 1.29 is 13.2 Å². The Balaban J connectivity index is 1.58. The molecule has 162 valence electrons. The van der Waals surface area contributed by atoms with E-state index in [0.717, 1.165) is 10.5 Å². The number of aryl methyl sites for hydroxylation is 2. The zero-order valence-electron chi connectivity index (χ0n) is 18.0. The molecule has 1 atom stereocenters. The maximum atomic E-state index is 12.9. The van der Waals surface area contributed by atoms with E-state index in [0.29, 0.717) is 30.8 Å². The van der Waals surface area contributed by atoms with Gasteiger partial charge in [-0.1, -0.05) is 18.2 Å². The number of hydrogen-bond donors (Lipinski definition) is 1. The number of benzene rings is 2. The van der Waals surface area contributed by atoms with Crippen molar-refractivity contribution in [3.05, 3.63) is 59.2 Å². The van der Waals surface area contributed by atoms with Gasteiger partial charge >= 0.3 is 0 Å². The first-order valence-corrected chi connectivity index (χ1v) is 12.9. The number of hydrogen-bond acceptors (Lipinski definition) is 4. The molecule has 0 bridgehead atoms. The Labute approximate surface area is 184 Å². The molecule has 0 spiro atoms. The van der Waals surface area contributed by atoms with E-state index in [4.69, 9.17) is 0 Å². The van der Waals surface area contributed by atoms with Crippen molar-refractivity contribution in [3.8, 4) is 0 Å². The van der Waals surface area contributed by atoms with Crippen LogP contribution in [0.3, 0.4) is 0 Å². The molecule has 0 aromatic heterocycles. The van der Waals surface area contributed by atoms with E-state index >= 15 is 0 Å². The fourth-order valence-electron chi connectivity index (χ4n) is 3.70.